The minimum absolute atomic E-state index is 0. The minimum atomic E-state index is 0. The number of rotatable bonds is 5. The summed E-state index contributed by atoms with van der Waals surface area (Å²) in [5.41, 5.74) is 7.73. The van der Waals surface area contributed by atoms with Gasteiger partial charge in [0.05, 0.1) is 6.54 Å². The Bertz CT molecular complexity index is 477. The number of guanidine groups is 1. The van der Waals surface area contributed by atoms with Crippen molar-refractivity contribution < 1.29 is 0 Å². The zero-order chi connectivity index (χ0) is 15.3. The third kappa shape index (κ3) is 4.60. The molecule has 0 amide bonds. The number of nitrogens with zero attached hydrogens (tertiary/aromatic N) is 2. The summed E-state index contributed by atoms with van der Waals surface area (Å²) in [7, 11) is 0. The highest BCUT2D eigenvalue weighted by Crippen LogP contribution is 2.41. The van der Waals surface area contributed by atoms with Crippen LogP contribution in [0.4, 0.5) is 0 Å². The quantitative estimate of drug-likeness (QED) is 0.382. The molecule has 1 aromatic rings. The Balaban J connectivity index is 0.00000242. The second-order valence-corrected chi connectivity index (χ2v) is 6.76. The fourth-order valence-corrected chi connectivity index (χ4v) is 3.54. The SMILES string of the molecule is CCN(CC)C(N)=NCC1(c2ccc(Br)cc2)CCCC1.I. The van der Waals surface area contributed by atoms with Crippen molar-refractivity contribution in [1.29, 1.82) is 0 Å². The van der Waals surface area contributed by atoms with Crippen molar-refractivity contribution in [3.63, 3.8) is 0 Å². The van der Waals surface area contributed by atoms with Crippen LogP contribution in [0.25, 0.3) is 0 Å². The predicted octanol–water partition coefficient (Wildman–Crippen LogP) is 4.54. The summed E-state index contributed by atoms with van der Waals surface area (Å²) in [6.45, 7) is 6.86. The van der Waals surface area contributed by atoms with Crippen molar-refractivity contribution in [2.75, 3.05) is 19.6 Å². The lowest BCUT2D eigenvalue weighted by Crippen LogP contribution is -2.38. The molecule has 22 heavy (non-hydrogen) atoms. The molecule has 3 nitrogen and oxygen atoms in total. The van der Waals surface area contributed by atoms with E-state index >= 15 is 0 Å². The van der Waals surface area contributed by atoms with Gasteiger partial charge >= 0.3 is 0 Å². The van der Waals surface area contributed by atoms with E-state index in [2.05, 4.69) is 58.9 Å². The monoisotopic (exact) mass is 479 g/mol. The summed E-state index contributed by atoms with van der Waals surface area (Å²) in [4.78, 5) is 6.84. The molecule has 1 aliphatic carbocycles. The summed E-state index contributed by atoms with van der Waals surface area (Å²) < 4.78 is 1.13. The number of aliphatic imine (C=N–C) groups is 1. The molecular formula is C17H27BrIN3. The van der Waals surface area contributed by atoms with Crippen LogP contribution in [0.15, 0.2) is 33.7 Å². The van der Waals surface area contributed by atoms with Gasteiger partial charge in [0, 0.05) is 23.0 Å². The van der Waals surface area contributed by atoms with E-state index in [1.54, 1.807) is 0 Å². The van der Waals surface area contributed by atoms with Gasteiger partial charge in [-0.15, -0.1) is 24.0 Å². The molecule has 1 aliphatic rings. The summed E-state index contributed by atoms with van der Waals surface area (Å²) in [6.07, 6.45) is 5.00. The first-order valence-electron chi connectivity index (χ1n) is 7.92. The zero-order valence-electron chi connectivity index (χ0n) is 13.5. The maximum atomic E-state index is 6.15. The van der Waals surface area contributed by atoms with Crippen LogP contribution in [0.1, 0.15) is 45.1 Å². The van der Waals surface area contributed by atoms with Gasteiger partial charge in [0.2, 0.25) is 0 Å². The molecule has 0 saturated heterocycles. The van der Waals surface area contributed by atoms with Crippen LogP contribution in [-0.2, 0) is 5.41 Å². The Morgan fingerprint density at radius 1 is 1.18 bits per heavy atom. The van der Waals surface area contributed by atoms with Gasteiger partial charge in [-0.3, -0.25) is 4.99 Å². The first-order chi connectivity index (χ1) is 10.1. The second-order valence-electron chi connectivity index (χ2n) is 5.84. The molecule has 0 heterocycles. The van der Waals surface area contributed by atoms with Gasteiger partial charge in [-0.25, -0.2) is 0 Å². The molecule has 0 radical (unpaired) electrons. The van der Waals surface area contributed by atoms with E-state index in [0.717, 1.165) is 24.1 Å². The number of halogens is 2. The standard InChI is InChI=1S/C17H26BrN3.HI/c1-3-21(4-2)16(19)20-13-17(11-5-6-12-17)14-7-9-15(18)10-8-14;/h7-10H,3-6,11-13H2,1-2H3,(H2,19,20);1H. The Kier molecular flexibility index (Phi) is 8.17. The lowest BCUT2D eigenvalue weighted by Gasteiger charge is -2.29. The second kappa shape index (κ2) is 9.11. The van der Waals surface area contributed by atoms with Crippen LogP contribution in [0.3, 0.4) is 0 Å². The van der Waals surface area contributed by atoms with Gasteiger partial charge in [-0.05, 0) is 44.4 Å². The molecule has 0 aromatic heterocycles. The van der Waals surface area contributed by atoms with E-state index in [1.807, 2.05) is 0 Å². The van der Waals surface area contributed by atoms with E-state index in [4.69, 9.17) is 10.7 Å². The molecule has 0 unspecified atom stereocenters. The molecule has 0 aliphatic heterocycles. The third-order valence-electron chi connectivity index (χ3n) is 4.65. The Morgan fingerprint density at radius 3 is 2.23 bits per heavy atom. The zero-order valence-corrected chi connectivity index (χ0v) is 17.4. The maximum Gasteiger partial charge on any atom is 0.191 e. The van der Waals surface area contributed by atoms with Crippen LogP contribution in [-0.4, -0.2) is 30.5 Å². The normalized spacial score (nSPS) is 17.1. The van der Waals surface area contributed by atoms with E-state index in [0.29, 0.717) is 5.96 Å². The highest BCUT2D eigenvalue weighted by molar-refractivity contribution is 14.0. The highest BCUT2D eigenvalue weighted by Gasteiger charge is 2.35. The van der Waals surface area contributed by atoms with Crippen molar-refractivity contribution in [3.8, 4) is 0 Å². The van der Waals surface area contributed by atoms with Crippen molar-refractivity contribution in [2.45, 2.75) is 44.9 Å². The Morgan fingerprint density at radius 2 is 1.73 bits per heavy atom. The molecule has 1 aromatic carbocycles. The first kappa shape index (κ1) is 19.7. The maximum absolute atomic E-state index is 6.15. The summed E-state index contributed by atoms with van der Waals surface area (Å²) in [5, 5.41) is 0. The van der Waals surface area contributed by atoms with Gasteiger partial charge in [-0.1, -0.05) is 40.9 Å². The van der Waals surface area contributed by atoms with Gasteiger partial charge in [0.15, 0.2) is 5.96 Å². The number of hydrogen-bond acceptors (Lipinski definition) is 1. The molecule has 5 heteroatoms. The molecule has 2 N–H and O–H groups in total. The Labute approximate surface area is 159 Å². The van der Waals surface area contributed by atoms with Crippen LogP contribution in [0, 0.1) is 0 Å². The van der Waals surface area contributed by atoms with Crippen LogP contribution >= 0.6 is 39.9 Å². The molecule has 0 bridgehead atoms. The van der Waals surface area contributed by atoms with Gasteiger partial charge < -0.3 is 10.6 Å². The van der Waals surface area contributed by atoms with Crippen molar-refractivity contribution in [3.05, 3.63) is 34.3 Å². The smallest absolute Gasteiger partial charge is 0.191 e. The molecule has 2 rings (SSSR count). The molecule has 1 fully saturated rings. The van der Waals surface area contributed by atoms with E-state index in [1.165, 1.54) is 31.2 Å². The van der Waals surface area contributed by atoms with Gasteiger partial charge in [-0.2, -0.15) is 0 Å². The van der Waals surface area contributed by atoms with Crippen molar-refractivity contribution in [1.82, 2.24) is 4.90 Å². The molecule has 124 valence electrons. The topological polar surface area (TPSA) is 41.6 Å². The average molecular weight is 480 g/mol. The minimum Gasteiger partial charge on any atom is -0.370 e. The van der Waals surface area contributed by atoms with E-state index in [-0.39, 0.29) is 29.4 Å². The van der Waals surface area contributed by atoms with Gasteiger partial charge in [0.1, 0.15) is 0 Å². The van der Waals surface area contributed by atoms with Crippen LogP contribution < -0.4 is 5.73 Å². The fourth-order valence-electron chi connectivity index (χ4n) is 3.27. The Hall–Kier alpha value is -0.300. The lowest BCUT2D eigenvalue weighted by atomic mass is 9.79. The average Bonchev–Trinajstić information content (AvgIpc) is 2.97. The van der Waals surface area contributed by atoms with E-state index < -0.39 is 0 Å². The largest absolute Gasteiger partial charge is 0.370 e. The first-order valence-corrected chi connectivity index (χ1v) is 8.71. The fraction of sp³-hybridized carbons (Fsp3) is 0.588. The predicted molar refractivity (Wildman–Crippen MR) is 109 cm³/mol. The summed E-state index contributed by atoms with van der Waals surface area (Å²) in [5.74, 6) is 0.684. The molecule has 0 spiro atoms. The van der Waals surface area contributed by atoms with Crippen LogP contribution in [0.5, 0.6) is 0 Å². The molecule has 0 atom stereocenters. The molecular weight excluding hydrogens is 453 g/mol. The number of nitrogens with two attached hydrogens (primary N) is 1. The third-order valence-corrected chi connectivity index (χ3v) is 5.18. The van der Waals surface area contributed by atoms with E-state index in [9.17, 15) is 0 Å². The highest BCUT2D eigenvalue weighted by atomic mass is 127. The lowest BCUT2D eigenvalue weighted by molar-refractivity contribution is 0.432. The number of hydrogen-bond donors (Lipinski definition) is 1. The van der Waals surface area contributed by atoms with Crippen molar-refractivity contribution >= 4 is 45.9 Å². The summed E-state index contributed by atoms with van der Waals surface area (Å²) in [6, 6.07) is 8.73. The van der Waals surface area contributed by atoms with Gasteiger partial charge in [0.25, 0.3) is 0 Å². The number of benzene rings is 1. The molecule has 1 saturated carbocycles. The van der Waals surface area contributed by atoms with Crippen LogP contribution in [0.2, 0.25) is 0 Å². The summed E-state index contributed by atoms with van der Waals surface area (Å²) >= 11 is 3.52. The van der Waals surface area contributed by atoms with Crippen molar-refractivity contribution in [2.24, 2.45) is 10.7 Å².